The lowest BCUT2D eigenvalue weighted by Gasteiger charge is -2.32. The van der Waals surface area contributed by atoms with Gasteiger partial charge in [0.15, 0.2) is 0 Å². The number of rotatable bonds is 0. The average Bonchev–Trinajstić information content (AvgIpc) is 2.54. The third-order valence-corrected chi connectivity index (χ3v) is 3.08. The lowest BCUT2D eigenvalue weighted by atomic mass is 9.93. The van der Waals surface area contributed by atoms with E-state index in [0.29, 0.717) is 0 Å². The number of hydrogen-bond acceptors (Lipinski definition) is 1. The molecule has 2 heterocycles. The number of fused-ring (bicyclic) bond motifs is 1. The highest BCUT2D eigenvalue weighted by Gasteiger charge is 2.29. The van der Waals surface area contributed by atoms with Crippen LogP contribution in [0.15, 0.2) is 0 Å². The van der Waals surface area contributed by atoms with Crippen molar-refractivity contribution in [1.82, 2.24) is 4.90 Å². The van der Waals surface area contributed by atoms with Crippen LogP contribution in [0.2, 0.25) is 0 Å². The SMILES string of the molecule is CC.CC1CCN2CCCC2C1. The Hall–Kier alpha value is -0.0400. The Labute approximate surface area is 77.1 Å². The first-order valence-electron chi connectivity index (χ1n) is 5.60. The summed E-state index contributed by atoms with van der Waals surface area (Å²) in [5.74, 6) is 0.999. The van der Waals surface area contributed by atoms with Gasteiger partial charge in [-0.15, -0.1) is 0 Å². The van der Waals surface area contributed by atoms with Crippen molar-refractivity contribution in [3.63, 3.8) is 0 Å². The van der Waals surface area contributed by atoms with E-state index < -0.39 is 0 Å². The molecule has 0 N–H and O–H groups in total. The Balaban J connectivity index is 0.000000336. The van der Waals surface area contributed by atoms with E-state index in [1.807, 2.05) is 13.8 Å². The molecule has 0 aliphatic carbocycles. The fourth-order valence-corrected chi connectivity index (χ4v) is 2.42. The van der Waals surface area contributed by atoms with E-state index in [-0.39, 0.29) is 0 Å². The van der Waals surface area contributed by atoms with Gasteiger partial charge in [-0.2, -0.15) is 0 Å². The summed E-state index contributed by atoms with van der Waals surface area (Å²) in [6.45, 7) is 9.17. The van der Waals surface area contributed by atoms with Crippen molar-refractivity contribution in [2.75, 3.05) is 13.1 Å². The third-order valence-electron chi connectivity index (χ3n) is 3.08. The predicted molar refractivity (Wildman–Crippen MR) is 54.3 cm³/mol. The maximum absolute atomic E-state index is 2.68. The maximum atomic E-state index is 2.68. The van der Waals surface area contributed by atoms with E-state index in [1.54, 1.807) is 0 Å². The Kier molecular flexibility index (Phi) is 4.07. The van der Waals surface area contributed by atoms with Crippen molar-refractivity contribution >= 4 is 0 Å². The molecule has 0 radical (unpaired) electrons. The van der Waals surface area contributed by atoms with Gasteiger partial charge in [0.05, 0.1) is 0 Å². The van der Waals surface area contributed by atoms with Crippen molar-refractivity contribution in [2.45, 2.75) is 52.5 Å². The Morgan fingerprint density at radius 1 is 1.08 bits per heavy atom. The highest BCUT2D eigenvalue weighted by atomic mass is 15.2. The minimum Gasteiger partial charge on any atom is -0.300 e. The molecule has 0 saturated carbocycles. The van der Waals surface area contributed by atoms with E-state index in [4.69, 9.17) is 0 Å². The molecule has 2 atom stereocenters. The number of piperidine rings is 1. The average molecular weight is 169 g/mol. The van der Waals surface area contributed by atoms with Gasteiger partial charge in [-0.3, -0.25) is 0 Å². The molecule has 0 amide bonds. The summed E-state index contributed by atoms with van der Waals surface area (Å²) in [5, 5.41) is 0. The van der Waals surface area contributed by atoms with Crippen LogP contribution in [0.25, 0.3) is 0 Å². The van der Waals surface area contributed by atoms with E-state index in [0.717, 1.165) is 12.0 Å². The molecular weight excluding hydrogens is 146 g/mol. The molecule has 0 aromatic rings. The maximum Gasteiger partial charge on any atom is 0.00982 e. The second-order valence-corrected chi connectivity index (χ2v) is 3.96. The van der Waals surface area contributed by atoms with Crippen molar-refractivity contribution in [1.29, 1.82) is 0 Å². The summed E-state index contributed by atoms with van der Waals surface area (Å²) in [7, 11) is 0. The molecule has 72 valence electrons. The van der Waals surface area contributed by atoms with Crippen molar-refractivity contribution in [3.05, 3.63) is 0 Å². The molecule has 2 aliphatic rings. The van der Waals surface area contributed by atoms with Gasteiger partial charge in [0.2, 0.25) is 0 Å². The molecule has 0 spiro atoms. The van der Waals surface area contributed by atoms with Crippen LogP contribution in [-0.4, -0.2) is 24.0 Å². The largest absolute Gasteiger partial charge is 0.300 e. The second-order valence-electron chi connectivity index (χ2n) is 3.96. The minimum absolute atomic E-state index is 0.976. The van der Waals surface area contributed by atoms with Crippen molar-refractivity contribution in [2.24, 2.45) is 5.92 Å². The lowest BCUT2D eigenvalue weighted by Crippen LogP contribution is -2.37. The topological polar surface area (TPSA) is 3.24 Å². The first-order chi connectivity index (χ1) is 5.86. The summed E-state index contributed by atoms with van der Waals surface area (Å²) in [6.07, 6.45) is 5.85. The van der Waals surface area contributed by atoms with Crippen LogP contribution in [0.4, 0.5) is 0 Å². The molecule has 2 saturated heterocycles. The van der Waals surface area contributed by atoms with Crippen molar-refractivity contribution in [3.8, 4) is 0 Å². The monoisotopic (exact) mass is 169 g/mol. The molecular formula is C11H23N. The van der Waals surface area contributed by atoms with Crippen LogP contribution in [0.5, 0.6) is 0 Å². The summed E-state index contributed by atoms with van der Waals surface area (Å²) in [4.78, 5) is 2.68. The van der Waals surface area contributed by atoms with Gasteiger partial charge in [0, 0.05) is 6.04 Å². The first-order valence-corrected chi connectivity index (χ1v) is 5.60. The molecule has 2 fully saturated rings. The van der Waals surface area contributed by atoms with Crippen LogP contribution >= 0.6 is 0 Å². The van der Waals surface area contributed by atoms with Gasteiger partial charge in [0.25, 0.3) is 0 Å². The summed E-state index contributed by atoms with van der Waals surface area (Å²) in [6, 6.07) is 0.976. The Morgan fingerprint density at radius 3 is 2.58 bits per heavy atom. The molecule has 2 aliphatic heterocycles. The number of hydrogen-bond donors (Lipinski definition) is 0. The van der Waals surface area contributed by atoms with Gasteiger partial charge in [-0.25, -0.2) is 0 Å². The normalized spacial score (nSPS) is 35.2. The molecule has 1 nitrogen and oxygen atoms in total. The van der Waals surface area contributed by atoms with E-state index in [1.165, 1.54) is 38.8 Å². The zero-order chi connectivity index (χ0) is 8.97. The highest BCUT2D eigenvalue weighted by Crippen LogP contribution is 2.29. The van der Waals surface area contributed by atoms with Gasteiger partial charge >= 0.3 is 0 Å². The van der Waals surface area contributed by atoms with E-state index in [9.17, 15) is 0 Å². The quantitative estimate of drug-likeness (QED) is 0.539. The standard InChI is InChI=1S/C9H17N.C2H6/c1-8-4-6-10-5-2-3-9(10)7-8;1-2/h8-9H,2-7H2,1H3;1-2H3. The van der Waals surface area contributed by atoms with Gasteiger partial charge < -0.3 is 4.90 Å². The van der Waals surface area contributed by atoms with Crippen LogP contribution in [0.1, 0.15) is 46.5 Å². The van der Waals surface area contributed by atoms with Crippen LogP contribution in [0, 0.1) is 5.92 Å². The molecule has 12 heavy (non-hydrogen) atoms. The smallest absolute Gasteiger partial charge is 0.00982 e. The first kappa shape index (κ1) is 10.0. The Bertz CT molecular complexity index is 122. The molecule has 2 rings (SSSR count). The third kappa shape index (κ3) is 2.22. The lowest BCUT2D eigenvalue weighted by molar-refractivity contribution is 0.160. The molecule has 0 aromatic heterocycles. The van der Waals surface area contributed by atoms with E-state index >= 15 is 0 Å². The summed E-state index contributed by atoms with van der Waals surface area (Å²) in [5.41, 5.74) is 0. The van der Waals surface area contributed by atoms with Crippen LogP contribution < -0.4 is 0 Å². The van der Waals surface area contributed by atoms with Crippen molar-refractivity contribution < 1.29 is 0 Å². The molecule has 1 heteroatoms. The second kappa shape index (κ2) is 4.86. The number of nitrogens with zero attached hydrogens (tertiary/aromatic N) is 1. The summed E-state index contributed by atoms with van der Waals surface area (Å²) >= 11 is 0. The zero-order valence-electron chi connectivity index (χ0n) is 8.84. The van der Waals surface area contributed by atoms with Gasteiger partial charge in [-0.05, 0) is 44.7 Å². The zero-order valence-corrected chi connectivity index (χ0v) is 8.84. The van der Waals surface area contributed by atoms with Crippen LogP contribution in [-0.2, 0) is 0 Å². The molecule has 0 bridgehead atoms. The van der Waals surface area contributed by atoms with Gasteiger partial charge in [0.1, 0.15) is 0 Å². The predicted octanol–water partition coefficient (Wildman–Crippen LogP) is 2.91. The van der Waals surface area contributed by atoms with E-state index in [2.05, 4.69) is 11.8 Å². The Morgan fingerprint density at radius 2 is 1.83 bits per heavy atom. The molecule has 0 aromatic carbocycles. The van der Waals surface area contributed by atoms with Crippen LogP contribution in [0.3, 0.4) is 0 Å². The van der Waals surface area contributed by atoms with Gasteiger partial charge in [-0.1, -0.05) is 20.8 Å². The minimum atomic E-state index is 0.976. The fourth-order valence-electron chi connectivity index (χ4n) is 2.42. The summed E-state index contributed by atoms with van der Waals surface area (Å²) < 4.78 is 0. The fraction of sp³-hybridized carbons (Fsp3) is 1.00. The highest BCUT2D eigenvalue weighted by molar-refractivity contribution is 4.84. The molecule has 2 unspecified atom stereocenters.